The van der Waals surface area contributed by atoms with Crippen molar-refractivity contribution in [3.63, 3.8) is 0 Å². The molecule has 63 heavy (non-hydrogen) atoms. The molecule has 0 rings (SSSR count). The summed E-state index contributed by atoms with van der Waals surface area (Å²) in [6.07, 6.45) is 57.3. The quantitative estimate of drug-likeness (QED) is 0.0243. The van der Waals surface area contributed by atoms with Crippen molar-refractivity contribution in [3.8, 4) is 0 Å². The van der Waals surface area contributed by atoms with Gasteiger partial charge in [0.05, 0.1) is 39.9 Å². The van der Waals surface area contributed by atoms with Gasteiger partial charge in [0.1, 0.15) is 13.2 Å². The Bertz CT molecular complexity index is 1080. The topological polar surface area (TPSA) is 105 Å². The maximum Gasteiger partial charge on any atom is 0.472 e. The van der Waals surface area contributed by atoms with Gasteiger partial charge in [0, 0.05) is 6.42 Å². The van der Waals surface area contributed by atoms with Crippen LogP contribution in [-0.2, 0) is 18.4 Å². The summed E-state index contributed by atoms with van der Waals surface area (Å²) < 4.78 is 23.6. The van der Waals surface area contributed by atoms with Gasteiger partial charge in [-0.05, 0) is 32.1 Å². The molecule has 8 nitrogen and oxygen atoms in total. The highest BCUT2D eigenvalue weighted by Gasteiger charge is 2.27. The normalized spacial score (nSPS) is 14.2. The molecule has 0 spiro atoms. The lowest BCUT2D eigenvalue weighted by atomic mass is 10.0. The minimum absolute atomic E-state index is 0.0582. The molecule has 0 bridgehead atoms. The van der Waals surface area contributed by atoms with E-state index in [0.717, 1.165) is 38.5 Å². The summed E-state index contributed by atoms with van der Waals surface area (Å²) in [6.45, 7) is 4.79. The van der Waals surface area contributed by atoms with Crippen LogP contribution in [0.3, 0.4) is 0 Å². The highest BCUT2D eigenvalue weighted by molar-refractivity contribution is 7.47. The third-order valence-corrected chi connectivity index (χ3v) is 13.4. The van der Waals surface area contributed by atoms with Gasteiger partial charge in [-0.25, -0.2) is 4.57 Å². The second kappa shape index (κ2) is 46.1. The highest BCUT2D eigenvalue weighted by Crippen LogP contribution is 2.43. The number of hydrogen-bond donors (Lipinski definition) is 3. The predicted molar refractivity (Wildman–Crippen MR) is 272 cm³/mol. The van der Waals surface area contributed by atoms with Crippen LogP contribution in [0.5, 0.6) is 0 Å². The van der Waals surface area contributed by atoms with Crippen molar-refractivity contribution < 1.29 is 32.9 Å². The fourth-order valence-electron chi connectivity index (χ4n) is 8.12. The average molecular weight is 912 g/mol. The molecular formula is C54H108N2O6P+. The first-order chi connectivity index (χ1) is 30.5. The standard InChI is InChI=1S/C54H107N2O6P/c1-6-8-10-12-14-16-18-19-20-21-22-23-24-25-26-27-28-29-30-31-32-33-34-35-36-38-40-42-44-46-48-54(58)55-52(51-62-63(59,60)61-50-49-56(3,4)5)53(57)47-45-43-41-39-37-17-15-13-11-9-7-2/h37,39,45,47,52-53,57H,6-36,38,40-44,46,48-51H2,1-5H3,(H-,55,58,59,60)/p+1/b39-37+,47-45+. The number of nitrogens with one attached hydrogen (secondary N) is 1. The molecule has 0 aliphatic carbocycles. The van der Waals surface area contributed by atoms with E-state index < -0.39 is 20.0 Å². The fraction of sp³-hybridized carbons (Fsp3) is 0.907. The van der Waals surface area contributed by atoms with Gasteiger partial charge in [-0.2, -0.15) is 0 Å². The number of phosphoric ester groups is 1. The number of amides is 1. The van der Waals surface area contributed by atoms with Gasteiger partial charge in [-0.15, -0.1) is 0 Å². The van der Waals surface area contributed by atoms with Gasteiger partial charge in [0.25, 0.3) is 0 Å². The molecule has 374 valence electrons. The van der Waals surface area contributed by atoms with Crippen molar-refractivity contribution in [2.24, 2.45) is 0 Å². The summed E-state index contributed by atoms with van der Waals surface area (Å²) in [6, 6.07) is -0.858. The summed E-state index contributed by atoms with van der Waals surface area (Å²) in [5.74, 6) is -0.183. The molecule has 0 fully saturated rings. The Hall–Kier alpha value is -1.02. The SMILES string of the molecule is CCCCCCC/C=C/CC/C=C/C(O)C(COP(=O)(O)OCC[N+](C)(C)C)NC(=O)CCCCCCCCCCCCCCCCCCCCCCCCCCCCCCCC. The van der Waals surface area contributed by atoms with Crippen LogP contribution in [0.2, 0.25) is 0 Å². The van der Waals surface area contributed by atoms with Crippen LogP contribution in [0.4, 0.5) is 0 Å². The van der Waals surface area contributed by atoms with Crippen molar-refractivity contribution in [2.45, 2.75) is 276 Å². The smallest absolute Gasteiger partial charge is 0.387 e. The first-order valence-electron chi connectivity index (χ1n) is 27.2. The number of unbranched alkanes of at least 4 members (excludes halogenated alkanes) is 35. The van der Waals surface area contributed by atoms with Crippen LogP contribution in [0, 0.1) is 0 Å². The van der Waals surface area contributed by atoms with Crippen LogP contribution in [0.1, 0.15) is 264 Å². The maximum atomic E-state index is 12.9. The van der Waals surface area contributed by atoms with E-state index >= 15 is 0 Å². The zero-order valence-electron chi connectivity index (χ0n) is 42.6. The first kappa shape index (κ1) is 62.0. The molecular weight excluding hydrogens is 804 g/mol. The summed E-state index contributed by atoms with van der Waals surface area (Å²) in [5, 5.41) is 13.8. The number of carbonyl (C=O) groups excluding carboxylic acids is 1. The van der Waals surface area contributed by atoms with Crippen molar-refractivity contribution in [3.05, 3.63) is 24.3 Å². The van der Waals surface area contributed by atoms with Crippen LogP contribution in [-0.4, -0.2) is 73.4 Å². The zero-order chi connectivity index (χ0) is 46.4. The van der Waals surface area contributed by atoms with Crippen LogP contribution in [0.25, 0.3) is 0 Å². The van der Waals surface area contributed by atoms with E-state index in [2.05, 4.69) is 31.3 Å². The number of likely N-dealkylation sites (N-methyl/N-ethyl adjacent to an activating group) is 1. The Labute approximate surface area is 392 Å². The van der Waals surface area contributed by atoms with Crippen molar-refractivity contribution in [1.82, 2.24) is 5.32 Å². The lowest BCUT2D eigenvalue weighted by Crippen LogP contribution is -2.45. The van der Waals surface area contributed by atoms with Crippen molar-refractivity contribution >= 4 is 13.7 Å². The van der Waals surface area contributed by atoms with E-state index in [-0.39, 0.29) is 19.1 Å². The fourth-order valence-corrected chi connectivity index (χ4v) is 8.85. The second-order valence-electron chi connectivity index (χ2n) is 20.0. The van der Waals surface area contributed by atoms with E-state index in [1.807, 2.05) is 27.2 Å². The third-order valence-electron chi connectivity index (χ3n) is 12.4. The van der Waals surface area contributed by atoms with E-state index in [1.54, 1.807) is 6.08 Å². The number of allylic oxidation sites excluding steroid dienone is 3. The number of aliphatic hydroxyl groups excluding tert-OH is 1. The number of hydrogen-bond acceptors (Lipinski definition) is 5. The van der Waals surface area contributed by atoms with Gasteiger partial charge in [-0.3, -0.25) is 13.8 Å². The van der Waals surface area contributed by atoms with Crippen molar-refractivity contribution in [2.75, 3.05) is 40.9 Å². The number of rotatable bonds is 50. The first-order valence-corrected chi connectivity index (χ1v) is 28.7. The maximum absolute atomic E-state index is 12.9. The molecule has 0 aliphatic heterocycles. The Morgan fingerprint density at radius 3 is 1.27 bits per heavy atom. The number of quaternary nitrogens is 1. The largest absolute Gasteiger partial charge is 0.472 e. The molecule has 0 saturated carbocycles. The molecule has 0 heterocycles. The number of phosphoric acid groups is 1. The molecule has 3 unspecified atom stereocenters. The average Bonchev–Trinajstić information content (AvgIpc) is 3.24. The molecule has 0 radical (unpaired) electrons. The lowest BCUT2D eigenvalue weighted by Gasteiger charge is -2.25. The molecule has 9 heteroatoms. The second-order valence-corrected chi connectivity index (χ2v) is 21.4. The monoisotopic (exact) mass is 912 g/mol. The van der Waals surface area contributed by atoms with E-state index in [4.69, 9.17) is 9.05 Å². The summed E-state index contributed by atoms with van der Waals surface area (Å²) in [4.78, 5) is 23.2. The summed E-state index contributed by atoms with van der Waals surface area (Å²) >= 11 is 0. The predicted octanol–water partition coefficient (Wildman–Crippen LogP) is 16.0. The number of aliphatic hydroxyl groups is 1. The van der Waals surface area contributed by atoms with E-state index in [1.165, 1.54) is 205 Å². The molecule has 0 aromatic rings. The molecule has 0 aromatic carbocycles. The van der Waals surface area contributed by atoms with Crippen LogP contribution < -0.4 is 5.32 Å². The summed E-state index contributed by atoms with van der Waals surface area (Å²) in [5.41, 5.74) is 0. The Morgan fingerprint density at radius 2 is 0.873 bits per heavy atom. The molecule has 3 atom stereocenters. The van der Waals surface area contributed by atoms with Gasteiger partial charge >= 0.3 is 7.82 Å². The highest BCUT2D eigenvalue weighted by atomic mass is 31.2. The van der Waals surface area contributed by atoms with E-state index in [9.17, 15) is 19.4 Å². The molecule has 0 aromatic heterocycles. The lowest BCUT2D eigenvalue weighted by molar-refractivity contribution is -0.870. The third kappa shape index (κ3) is 48.7. The van der Waals surface area contributed by atoms with Gasteiger partial charge in [0.2, 0.25) is 5.91 Å². The van der Waals surface area contributed by atoms with Gasteiger partial charge in [-0.1, -0.05) is 250 Å². The number of nitrogens with zero attached hydrogens (tertiary/aromatic N) is 1. The molecule has 0 aliphatic rings. The van der Waals surface area contributed by atoms with Crippen LogP contribution in [0.15, 0.2) is 24.3 Å². The minimum atomic E-state index is -4.34. The Kier molecular flexibility index (Phi) is 45.4. The molecule has 1 amide bonds. The van der Waals surface area contributed by atoms with E-state index in [0.29, 0.717) is 17.4 Å². The molecule has 3 N–H and O–H groups in total. The minimum Gasteiger partial charge on any atom is -0.387 e. The summed E-state index contributed by atoms with van der Waals surface area (Å²) in [7, 11) is 1.56. The number of carbonyl (C=O) groups is 1. The van der Waals surface area contributed by atoms with Crippen LogP contribution >= 0.6 is 7.82 Å². The van der Waals surface area contributed by atoms with Gasteiger partial charge < -0.3 is 19.8 Å². The Morgan fingerprint density at radius 1 is 0.524 bits per heavy atom. The Balaban J connectivity index is 4.00. The molecule has 0 saturated heterocycles. The van der Waals surface area contributed by atoms with Crippen molar-refractivity contribution in [1.29, 1.82) is 0 Å². The van der Waals surface area contributed by atoms with Gasteiger partial charge in [0.15, 0.2) is 0 Å². The zero-order valence-corrected chi connectivity index (χ0v) is 43.5.